The van der Waals surface area contributed by atoms with Gasteiger partial charge in [0.05, 0.1) is 5.60 Å². The van der Waals surface area contributed by atoms with Gasteiger partial charge in [0.25, 0.3) is 0 Å². The highest BCUT2D eigenvalue weighted by molar-refractivity contribution is 5.27. The standard InChI is InChI=1S/C12H19NO/c1-4-10-5-7-11(8-6-10)12(2,14)9-13-3/h5-8,13-14H,4,9H2,1-3H3. The Balaban J connectivity index is 2.85. The summed E-state index contributed by atoms with van der Waals surface area (Å²) in [7, 11) is 1.84. The second-order valence-corrected chi connectivity index (χ2v) is 3.85. The molecule has 1 rings (SSSR count). The van der Waals surface area contributed by atoms with Crippen molar-refractivity contribution >= 4 is 0 Å². The number of benzene rings is 1. The zero-order valence-corrected chi connectivity index (χ0v) is 9.17. The van der Waals surface area contributed by atoms with Gasteiger partial charge in [0.2, 0.25) is 0 Å². The van der Waals surface area contributed by atoms with Crippen LogP contribution in [0.1, 0.15) is 25.0 Å². The summed E-state index contributed by atoms with van der Waals surface area (Å²) in [5.74, 6) is 0. The number of hydrogen-bond donors (Lipinski definition) is 2. The lowest BCUT2D eigenvalue weighted by molar-refractivity contribution is 0.0591. The molecule has 0 radical (unpaired) electrons. The first-order chi connectivity index (χ1) is 6.60. The summed E-state index contributed by atoms with van der Waals surface area (Å²) in [6, 6.07) is 8.13. The minimum Gasteiger partial charge on any atom is -0.384 e. The molecule has 1 aromatic carbocycles. The molecule has 0 aliphatic heterocycles. The van der Waals surface area contributed by atoms with Gasteiger partial charge in [-0.05, 0) is 31.5 Å². The van der Waals surface area contributed by atoms with Crippen molar-refractivity contribution in [3.05, 3.63) is 35.4 Å². The molecule has 14 heavy (non-hydrogen) atoms. The SMILES string of the molecule is CCc1ccc(C(C)(O)CNC)cc1. The van der Waals surface area contributed by atoms with Crippen LogP contribution in [-0.2, 0) is 12.0 Å². The molecule has 0 spiro atoms. The summed E-state index contributed by atoms with van der Waals surface area (Å²) >= 11 is 0. The Morgan fingerprint density at radius 2 is 1.86 bits per heavy atom. The van der Waals surface area contributed by atoms with Gasteiger partial charge < -0.3 is 10.4 Å². The molecule has 0 bridgehead atoms. The van der Waals surface area contributed by atoms with E-state index in [0.29, 0.717) is 6.54 Å². The maximum Gasteiger partial charge on any atom is 0.0992 e. The lowest BCUT2D eigenvalue weighted by atomic mass is 9.95. The molecule has 1 atom stereocenters. The monoisotopic (exact) mass is 193 g/mol. The minimum absolute atomic E-state index is 0.568. The zero-order chi connectivity index (χ0) is 10.6. The molecular formula is C12H19NO. The Bertz CT molecular complexity index is 277. The fraction of sp³-hybridized carbons (Fsp3) is 0.500. The van der Waals surface area contributed by atoms with E-state index in [1.165, 1.54) is 5.56 Å². The van der Waals surface area contributed by atoms with E-state index in [4.69, 9.17) is 0 Å². The predicted octanol–water partition coefficient (Wildman–Crippen LogP) is 1.68. The molecule has 2 heteroatoms. The van der Waals surface area contributed by atoms with Crippen LogP contribution in [0.15, 0.2) is 24.3 Å². The molecule has 0 aromatic heterocycles. The third-order valence-corrected chi connectivity index (χ3v) is 2.51. The molecule has 78 valence electrons. The minimum atomic E-state index is -0.777. The lowest BCUT2D eigenvalue weighted by Crippen LogP contribution is -2.33. The van der Waals surface area contributed by atoms with Crippen LogP contribution < -0.4 is 5.32 Å². The van der Waals surface area contributed by atoms with Crippen LogP contribution in [0.2, 0.25) is 0 Å². The van der Waals surface area contributed by atoms with E-state index < -0.39 is 5.60 Å². The Kier molecular flexibility index (Phi) is 3.67. The average Bonchev–Trinajstić information content (AvgIpc) is 2.18. The highest BCUT2D eigenvalue weighted by Crippen LogP contribution is 2.20. The smallest absolute Gasteiger partial charge is 0.0992 e. The highest BCUT2D eigenvalue weighted by atomic mass is 16.3. The number of likely N-dealkylation sites (N-methyl/N-ethyl adjacent to an activating group) is 1. The van der Waals surface area contributed by atoms with Crippen molar-refractivity contribution in [2.24, 2.45) is 0 Å². The van der Waals surface area contributed by atoms with E-state index in [0.717, 1.165) is 12.0 Å². The summed E-state index contributed by atoms with van der Waals surface area (Å²) in [4.78, 5) is 0. The van der Waals surface area contributed by atoms with Gasteiger partial charge in [0.1, 0.15) is 0 Å². The number of nitrogens with one attached hydrogen (secondary N) is 1. The number of rotatable bonds is 4. The van der Waals surface area contributed by atoms with Crippen LogP contribution in [0.3, 0.4) is 0 Å². The van der Waals surface area contributed by atoms with Crippen LogP contribution in [0.5, 0.6) is 0 Å². The summed E-state index contributed by atoms with van der Waals surface area (Å²) in [5, 5.41) is 13.1. The molecule has 0 fully saturated rings. The van der Waals surface area contributed by atoms with Crippen LogP contribution in [0, 0.1) is 0 Å². The largest absolute Gasteiger partial charge is 0.384 e. The number of aliphatic hydroxyl groups is 1. The van der Waals surface area contributed by atoms with Gasteiger partial charge in [-0.15, -0.1) is 0 Å². The van der Waals surface area contributed by atoms with Gasteiger partial charge in [0, 0.05) is 6.54 Å². The van der Waals surface area contributed by atoms with E-state index in [2.05, 4.69) is 24.4 Å². The Hall–Kier alpha value is -0.860. The van der Waals surface area contributed by atoms with E-state index in [9.17, 15) is 5.11 Å². The van der Waals surface area contributed by atoms with Gasteiger partial charge in [-0.3, -0.25) is 0 Å². The second-order valence-electron chi connectivity index (χ2n) is 3.85. The van der Waals surface area contributed by atoms with Gasteiger partial charge >= 0.3 is 0 Å². The molecule has 0 saturated heterocycles. The maximum atomic E-state index is 10.1. The molecule has 1 aromatic rings. The third kappa shape index (κ3) is 2.56. The molecule has 2 N–H and O–H groups in total. The van der Waals surface area contributed by atoms with Crippen molar-refractivity contribution in [1.82, 2.24) is 5.32 Å². The number of aryl methyl sites for hydroxylation is 1. The first kappa shape index (κ1) is 11.2. The van der Waals surface area contributed by atoms with Crippen LogP contribution in [-0.4, -0.2) is 18.7 Å². The summed E-state index contributed by atoms with van der Waals surface area (Å²) in [6.45, 7) is 4.52. The summed E-state index contributed by atoms with van der Waals surface area (Å²) < 4.78 is 0. The van der Waals surface area contributed by atoms with E-state index >= 15 is 0 Å². The van der Waals surface area contributed by atoms with Crippen molar-refractivity contribution in [2.45, 2.75) is 25.9 Å². The second kappa shape index (κ2) is 4.58. The van der Waals surface area contributed by atoms with Crippen molar-refractivity contribution in [1.29, 1.82) is 0 Å². The topological polar surface area (TPSA) is 32.3 Å². The van der Waals surface area contributed by atoms with Crippen molar-refractivity contribution < 1.29 is 5.11 Å². The molecule has 0 saturated carbocycles. The normalized spacial score (nSPS) is 15.1. The van der Waals surface area contributed by atoms with Gasteiger partial charge in [-0.1, -0.05) is 31.2 Å². The fourth-order valence-corrected chi connectivity index (χ4v) is 1.55. The molecule has 0 amide bonds. The quantitative estimate of drug-likeness (QED) is 0.762. The predicted molar refractivity (Wildman–Crippen MR) is 59.3 cm³/mol. The van der Waals surface area contributed by atoms with Crippen LogP contribution in [0.4, 0.5) is 0 Å². The maximum absolute atomic E-state index is 10.1. The van der Waals surface area contributed by atoms with Crippen LogP contribution >= 0.6 is 0 Å². The number of hydrogen-bond acceptors (Lipinski definition) is 2. The van der Waals surface area contributed by atoms with Gasteiger partial charge in [-0.25, -0.2) is 0 Å². The molecular weight excluding hydrogens is 174 g/mol. The molecule has 0 heterocycles. The molecule has 0 aliphatic carbocycles. The molecule has 0 aliphatic rings. The van der Waals surface area contributed by atoms with E-state index in [1.54, 1.807) is 0 Å². The Labute approximate surface area is 86.0 Å². The van der Waals surface area contributed by atoms with Gasteiger partial charge in [-0.2, -0.15) is 0 Å². The Morgan fingerprint density at radius 3 is 2.29 bits per heavy atom. The zero-order valence-electron chi connectivity index (χ0n) is 9.17. The molecule has 1 unspecified atom stereocenters. The lowest BCUT2D eigenvalue weighted by Gasteiger charge is -2.23. The Morgan fingerprint density at radius 1 is 1.29 bits per heavy atom. The van der Waals surface area contributed by atoms with Crippen molar-refractivity contribution in [3.8, 4) is 0 Å². The summed E-state index contributed by atoms with van der Waals surface area (Å²) in [6.07, 6.45) is 1.04. The third-order valence-electron chi connectivity index (χ3n) is 2.51. The molecule has 2 nitrogen and oxygen atoms in total. The van der Waals surface area contributed by atoms with Crippen LogP contribution in [0.25, 0.3) is 0 Å². The van der Waals surface area contributed by atoms with Gasteiger partial charge in [0.15, 0.2) is 0 Å². The van der Waals surface area contributed by atoms with Crippen molar-refractivity contribution in [2.75, 3.05) is 13.6 Å². The highest BCUT2D eigenvalue weighted by Gasteiger charge is 2.21. The summed E-state index contributed by atoms with van der Waals surface area (Å²) in [5.41, 5.74) is 1.49. The van der Waals surface area contributed by atoms with E-state index in [-0.39, 0.29) is 0 Å². The van der Waals surface area contributed by atoms with E-state index in [1.807, 2.05) is 26.1 Å². The fourth-order valence-electron chi connectivity index (χ4n) is 1.55. The first-order valence-corrected chi connectivity index (χ1v) is 5.06. The average molecular weight is 193 g/mol. The van der Waals surface area contributed by atoms with Crippen molar-refractivity contribution in [3.63, 3.8) is 0 Å². The first-order valence-electron chi connectivity index (χ1n) is 5.06.